The van der Waals surface area contributed by atoms with Gasteiger partial charge in [-0.25, -0.2) is 0 Å². The fourth-order valence-corrected chi connectivity index (χ4v) is 1.51. The smallest absolute Gasteiger partial charge is 0.412 e. The van der Waals surface area contributed by atoms with E-state index in [4.69, 9.17) is 25.5 Å². The summed E-state index contributed by atoms with van der Waals surface area (Å²) < 4.78 is 4.58. The Morgan fingerprint density at radius 1 is 0.875 bits per heavy atom. The fourth-order valence-electron chi connectivity index (χ4n) is 1.51. The Morgan fingerprint density at radius 2 is 1.38 bits per heavy atom. The van der Waals surface area contributed by atoms with Crippen LogP contribution in [0.5, 0.6) is 0 Å². The number of aromatic amines is 2. The Balaban J connectivity index is 0. The number of rotatable bonds is 1. The first-order chi connectivity index (χ1) is 10.6. The molecule has 0 amide bonds. The van der Waals surface area contributed by atoms with E-state index in [1.807, 2.05) is 12.1 Å². The third-order valence-corrected chi connectivity index (χ3v) is 2.68. The van der Waals surface area contributed by atoms with E-state index in [0.717, 1.165) is 0 Å². The summed E-state index contributed by atoms with van der Waals surface area (Å²) in [6, 6.07) is 3.67. The molecule has 5 atom stereocenters. The predicted octanol–water partition coefficient (Wildman–Crippen LogP) is -3.23. The first-order valence-corrected chi connectivity index (χ1v) is 6.44. The topological polar surface area (TPSA) is 199 Å². The number of aliphatic hydroxyl groups is 5. The van der Waals surface area contributed by atoms with Crippen LogP contribution >= 0.6 is 0 Å². The van der Waals surface area contributed by atoms with Gasteiger partial charge in [0.05, 0.1) is 6.61 Å². The summed E-state index contributed by atoms with van der Waals surface area (Å²) in [7, 11) is 0. The van der Waals surface area contributed by atoms with Crippen LogP contribution in [0.3, 0.4) is 0 Å². The second-order valence-corrected chi connectivity index (χ2v) is 4.25. The van der Waals surface area contributed by atoms with Crippen molar-refractivity contribution < 1.29 is 52.2 Å². The molecule has 0 spiro atoms. The van der Waals surface area contributed by atoms with Crippen molar-refractivity contribution in [2.75, 3.05) is 6.61 Å². The van der Waals surface area contributed by atoms with Crippen LogP contribution in [0.2, 0.25) is 0 Å². The maximum absolute atomic E-state index is 9.12. The van der Waals surface area contributed by atoms with E-state index in [0.29, 0.717) is 0 Å². The molecular weight excluding hydrogens is 371 g/mol. The molecule has 0 bridgehead atoms. The van der Waals surface area contributed by atoms with Crippen molar-refractivity contribution in [3.63, 3.8) is 0 Å². The molecule has 0 aliphatic carbocycles. The number of H-pyrrole nitrogens is 2. The monoisotopic (exact) mass is 392 g/mol. The van der Waals surface area contributed by atoms with Crippen molar-refractivity contribution in [3.8, 4) is 0 Å². The molecule has 2 aromatic rings. The van der Waals surface area contributed by atoms with E-state index in [-0.39, 0.29) is 22.0 Å². The van der Waals surface area contributed by atoms with Crippen molar-refractivity contribution in [1.82, 2.24) is 20.4 Å². The molecule has 140 valence electrons. The number of hydrogen-bond donors (Lipinski definition) is 7. The van der Waals surface area contributed by atoms with E-state index in [9.17, 15) is 0 Å². The van der Waals surface area contributed by atoms with E-state index < -0.39 is 37.3 Å². The van der Waals surface area contributed by atoms with Crippen molar-refractivity contribution in [2.24, 2.45) is 0 Å². The summed E-state index contributed by atoms with van der Waals surface area (Å²) in [5.41, 5.74) is 0. The van der Waals surface area contributed by atoms with E-state index in [1.54, 1.807) is 24.8 Å². The van der Waals surface area contributed by atoms with Crippen molar-refractivity contribution in [3.05, 3.63) is 36.9 Å². The van der Waals surface area contributed by atoms with Gasteiger partial charge in [0.1, 0.15) is 24.4 Å². The van der Waals surface area contributed by atoms with Gasteiger partial charge in [0, 0.05) is 24.8 Å². The zero-order valence-electron chi connectivity index (χ0n) is 12.4. The molecule has 12 heteroatoms. The van der Waals surface area contributed by atoms with Gasteiger partial charge >= 0.3 is 16.5 Å². The largest absolute Gasteiger partial charge is 2.00 e. The summed E-state index contributed by atoms with van der Waals surface area (Å²) in [6.07, 6.45) is -0.124. The van der Waals surface area contributed by atoms with Gasteiger partial charge in [-0.3, -0.25) is 10.2 Å². The van der Waals surface area contributed by atoms with E-state index in [1.165, 1.54) is 0 Å². The molecule has 0 unspecified atom stereocenters. The zero-order valence-corrected chi connectivity index (χ0v) is 13.4. The molecule has 1 fully saturated rings. The summed E-state index contributed by atoms with van der Waals surface area (Å²) in [5, 5.41) is 57.1. The van der Waals surface area contributed by atoms with Crippen LogP contribution in [0, 0.1) is 0 Å². The van der Waals surface area contributed by atoms with Crippen LogP contribution in [0.4, 0.5) is 0 Å². The summed E-state index contributed by atoms with van der Waals surface area (Å²) in [5.74, 6) is 0. The average molecular weight is 393 g/mol. The van der Waals surface area contributed by atoms with Crippen LogP contribution in [0.25, 0.3) is 0 Å². The molecule has 1 saturated heterocycles. The molecule has 0 radical (unpaired) electrons. The van der Waals surface area contributed by atoms with Gasteiger partial charge in [-0.15, -0.1) is 0 Å². The minimum Gasteiger partial charge on any atom is -0.412 e. The molecule has 1 aliphatic rings. The Hall–Kier alpha value is -1.37. The molecule has 0 saturated carbocycles. The molecule has 3 heterocycles. The van der Waals surface area contributed by atoms with Gasteiger partial charge in [-0.2, -0.15) is 10.2 Å². The summed E-state index contributed by atoms with van der Waals surface area (Å²) >= 11 is 0. The normalized spacial score (nSPS) is 28.0. The first-order valence-electron chi connectivity index (χ1n) is 6.44. The Morgan fingerprint density at radius 3 is 1.67 bits per heavy atom. The molecule has 2 aromatic heterocycles. The third-order valence-electron chi connectivity index (χ3n) is 2.68. The summed E-state index contributed by atoms with van der Waals surface area (Å²) in [4.78, 5) is 0. The van der Waals surface area contributed by atoms with Crippen LogP contribution in [-0.2, 0) is 21.2 Å². The minimum absolute atomic E-state index is 0. The number of nitrogens with zero attached hydrogens (tertiary/aromatic N) is 2. The molecule has 11 nitrogen and oxygen atoms in total. The summed E-state index contributed by atoms with van der Waals surface area (Å²) in [6.45, 7) is -0.526. The first kappa shape index (κ1) is 24.9. The number of aromatic nitrogens is 4. The standard InChI is InChI=1S/C6H12O6.2C3H4N2.Ni.H2O/c7-1-2-3(8)4(9)5(10)6(11)12-2;2*1-2-4-5-3-1;;/h2-11H,1H2;2*1-3H,(H,4,5);;1H2/q;;;+2;/t2-,3-,4+,5-,6-;;;;/m1..../s1. The van der Waals surface area contributed by atoms with Crippen molar-refractivity contribution in [2.45, 2.75) is 30.7 Å². The number of nitrogens with one attached hydrogen (secondary N) is 2. The van der Waals surface area contributed by atoms with Crippen molar-refractivity contribution in [1.29, 1.82) is 0 Å². The molecular formula is C12H22N4NiO7+2. The Bertz CT molecular complexity index is 396. The van der Waals surface area contributed by atoms with Crippen molar-refractivity contribution >= 4 is 0 Å². The van der Waals surface area contributed by atoms with Crippen LogP contribution in [0.15, 0.2) is 36.9 Å². The number of hydrogen-bond acceptors (Lipinski definition) is 8. The molecule has 0 aromatic carbocycles. The zero-order chi connectivity index (χ0) is 16.4. The second-order valence-electron chi connectivity index (χ2n) is 4.25. The van der Waals surface area contributed by atoms with Gasteiger partial charge in [-0.05, 0) is 12.1 Å². The number of ether oxygens (including phenoxy) is 1. The Labute approximate surface area is 147 Å². The third kappa shape index (κ3) is 8.48. The van der Waals surface area contributed by atoms with Gasteiger partial charge in [-0.1, -0.05) is 0 Å². The van der Waals surface area contributed by atoms with E-state index in [2.05, 4.69) is 25.1 Å². The minimum atomic E-state index is -1.57. The molecule has 24 heavy (non-hydrogen) atoms. The molecule has 3 rings (SSSR count). The Kier molecular flexibility index (Phi) is 14.5. The number of aliphatic hydroxyl groups excluding tert-OH is 5. The predicted molar refractivity (Wildman–Crippen MR) is 76.8 cm³/mol. The van der Waals surface area contributed by atoms with Gasteiger partial charge < -0.3 is 35.7 Å². The molecule has 1 aliphatic heterocycles. The quantitative estimate of drug-likeness (QED) is 0.245. The van der Waals surface area contributed by atoms with Crippen LogP contribution in [-0.4, -0.2) is 88.7 Å². The van der Waals surface area contributed by atoms with Gasteiger partial charge in [0.2, 0.25) is 0 Å². The average Bonchev–Trinajstić information content (AvgIpc) is 3.26. The SMILES string of the molecule is O.OC[C@H]1O[C@@H](O)[C@H](O)[C@@H](O)[C@@H]1O.[Ni+2].c1cn[nH]c1.c1cn[nH]c1. The van der Waals surface area contributed by atoms with Crippen LogP contribution in [0.1, 0.15) is 0 Å². The molecule has 9 N–H and O–H groups in total. The maximum Gasteiger partial charge on any atom is 2.00 e. The van der Waals surface area contributed by atoms with E-state index >= 15 is 0 Å². The van der Waals surface area contributed by atoms with Crippen LogP contribution < -0.4 is 0 Å². The maximum atomic E-state index is 9.12. The fraction of sp³-hybridized carbons (Fsp3) is 0.500. The second kappa shape index (κ2) is 14.0. The van der Waals surface area contributed by atoms with Gasteiger partial charge in [0.25, 0.3) is 0 Å². The van der Waals surface area contributed by atoms with Gasteiger partial charge in [0.15, 0.2) is 6.29 Å².